The number of nitrogens with zero attached hydrogens (tertiary/aromatic N) is 3. The topological polar surface area (TPSA) is 71.8 Å². The van der Waals surface area contributed by atoms with Gasteiger partial charge in [-0.25, -0.2) is 14.8 Å². The van der Waals surface area contributed by atoms with Crippen molar-refractivity contribution in [3.05, 3.63) is 37.1 Å². The summed E-state index contributed by atoms with van der Waals surface area (Å²) >= 11 is 1.67. The predicted molar refractivity (Wildman–Crippen MR) is 84.5 cm³/mol. The highest BCUT2D eigenvalue weighted by atomic mass is 32.2. The number of hydrogen-bond donors (Lipinski definition) is 2. The lowest BCUT2D eigenvalue weighted by Crippen LogP contribution is -2.38. The van der Waals surface area contributed by atoms with Crippen molar-refractivity contribution in [2.45, 2.75) is 31.5 Å². The second kappa shape index (κ2) is 7.68. The molecule has 2 aromatic heterocycles. The Morgan fingerprint density at radius 3 is 2.95 bits per heavy atom. The fraction of sp³-hybridized carbons (Fsp3) is 0.357. The zero-order valence-electron chi connectivity index (χ0n) is 12.1. The lowest BCUT2D eigenvalue weighted by atomic mass is 10.3. The van der Waals surface area contributed by atoms with Gasteiger partial charge in [0.2, 0.25) is 0 Å². The Bertz CT molecular complexity index is 555. The normalized spacial score (nSPS) is 11.9. The van der Waals surface area contributed by atoms with Gasteiger partial charge in [0.05, 0.1) is 23.2 Å². The molecule has 0 saturated carbocycles. The van der Waals surface area contributed by atoms with E-state index in [9.17, 15) is 4.79 Å². The third-order valence-electron chi connectivity index (χ3n) is 2.71. The van der Waals surface area contributed by atoms with Gasteiger partial charge in [-0.2, -0.15) is 0 Å². The number of aromatic nitrogens is 3. The van der Waals surface area contributed by atoms with E-state index in [1.165, 1.54) is 0 Å². The summed E-state index contributed by atoms with van der Waals surface area (Å²) in [4.78, 5) is 20.1. The van der Waals surface area contributed by atoms with Gasteiger partial charge in [-0.1, -0.05) is 6.92 Å². The van der Waals surface area contributed by atoms with E-state index in [4.69, 9.17) is 0 Å². The highest BCUT2D eigenvalue weighted by molar-refractivity contribution is 7.99. The van der Waals surface area contributed by atoms with E-state index in [1.807, 2.05) is 29.8 Å². The average Bonchev–Trinajstić information content (AvgIpc) is 2.93. The predicted octanol–water partition coefficient (Wildman–Crippen LogP) is 2.60. The van der Waals surface area contributed by atoms with Crippen molar-refractivity contribution in [1.29, 1.82) is 0 Å². The van der Waals surface area contributed by atoms with Crippen molar-refractivity contribution < 1.29 is 4.79 Å². The van der Waals surface area contributed by atoms with Gasteiger partial charge in [0.1, 0.15) is 0 Å². The van der Waals surface area contributed by atoms with E-state index >= 15 is 0 Å². The van der Waals surface area contributed by atoms with E-state index in [2.05, 4.69) is 27.5 Å². The van der Waals surface area contributed by atoms with Crippen LogP contribution >= 0.6 is 11.8 Å². The van der Waals surface area contributed by atoms with Crippen molar-refractivity contribution in [3.63, 3.8) is 0 Å². The number of pyridine rings is 1. The van der Waals surface area contributed by atoms with Crippen LogP contribution in [0.4, 0.5) is 10.5 Å². The molecule has 0 bridgehead atoms. The first-order valence-electron chi connectivity index (χ1n) is 6.79. The molecular formula is C14H19N5OS. The summed E-state index contributed by atoms with van der Waals surface area (Å²) in [5.41, 5.74) is 0.683. The van der Waals surface area contributed by atoms with E-state index in [0.717, 1.165) is 10.8 Å². The molecule has 0 aliphatic carbocycles. The summed E-state index contributed by atoms with van der Waals surface area (Å²) in [6, 6.07) is 3.52. The van der Waals surface area contributed by atoms with E-state index in [0.29, 0.717) is 12.2 Å². The first-order valence-corrected chi connectivity index (χ1v) is 7.78. The van der Waals surface area contributed by atoms with Gasteiger partial charge < -0.3 is 15.2 Å². The van der Waals surface area contributed by atoms with Gasteiger partial charge in [-0.15, -0.1) is 11.8 Å². The average molecular weight is 305 g/mol. The SMILES string of the molecule is CCSc1ccc(NC(=O)NC(C)Cn2ccnc2)cn1. The first kappa shape index (κ1) is 15.4. The minimum absolute atomic E-state index is 0.00193. The largest absolute Gasteiger partial charge is 0.335 e. The summed E-state index contributed by atoms with van der Waals surface area (Å²) in [7, 11) is 0. The molecule has 2 amide bonds. The van der Waals surface area contributed by atoms with Gasteiger partial charge >= 0.3 is 6.03 Å². The first-order chi connectivity index (χ1) is 10.2. The van der Waals surface area contributed by atoms with Crippen molar-refractivity contribution >= 4 is 23.5 Å². The number of thioether (sulfide) groups is 1. The molecule has 0 radical (unpaired) electrons. The van der Waals surface area contributed by atoms with Gasteiger partial charge in [-0.3, -0.25) is 0 Å². The molecule has 21 heavy (non-hydrogen) atoms. The number of imidazole rings is 1. The molecule has 2 aromatic rings. The van der Waals surface area contributed by atoms with Gasteiger partial charge in [-0.05, 0) is 24.8 Å². The molecule has 6 nitrogen and oxygen atoms in total. The van der Waals surface area contributed by atoms with Crippen LogP contribution in [0, 0.1) is 0 Å². The second-order valence-corrected chi connectivity index (χ2v) is 5.86. The number of carbonyl (C=O) groups excluding carboxylic acids is 1. The van der Waals surface area contributed by atoms with Crippen molar-refractivity contribution in [1.82, 2.24) is 19.9 Å². The Morgan fingerprint density at radius 1 is 1.48 bits per heavy atom. The van der Waals surface area contributed by atoms with Crippen LogP contribution in [0.1, 0.15) is 13.8 Å². The minimum atomic E-state index is -0.236. The fourth-order valence-corrected chi connectivity index (χ4v) is 2.42. The van der Waals surface area contributed by atoms with Crippen LogP contribution < -0.4 is 10.6 Å². The summed E-state index contributed by atoms with van der Waals surface area (Å²) in [5.74, 6) is 0.978. The Hall–Kier alpha value is -2.02. The second-order valence-electron chi connectivity index (χ2n) is 4.58. The van der Waals surface area contributed by atoms with Crippen molar-refractivity contribution in [2.24, 2.45) is 0 Å². The van der Waals surface area contributed by atoms with Crippen LogP contribution in [0.5, 0.6) is 0 Å². The number of amides is 2. The Balaban J connectivity index is 1.80. The lowest BCUT2D eigenvalue weighted by molar-refractivity contribution is 0.248. The Labute approximate surface area is 128 Å². The highest BCUT2D eigenvalue weighted by Crippen LogP contribution is 2.16. The molecule has 0 spiro atoms. The van der Waals surface area contributed by atoms with Crippen LogP contribution in [0.2, 0.25) is 0 Å². The van der Waals surface area contributed by atoms with Crippen LogP contribution in [-0.2, 0) is 6.54 Å². The zero-order chi connectivity index (χ0) is 15.1. The molecule has 7 heteroatoms. The van der Waals surface area contributed by atoms with Gasteiger partial charge in [0.25, 0.3) is 0 Å². The Morgan fingerprint density at radius 2 is 2.33 bits per heavy atom. The molecule has 0 aromatic carbocycles. The molecule has 0 aliphatic heterocycles. The smallest absolute Gasteiger partial charge is 0.319 e. The molecular weight excluding hydrogens is 286 g/mol. The maximum atomic E-state index is 11.9. The summed E-state index contributed by atoms with van der Waals surface area (Å²) in [5, 5.41) is 6.61. The molecule has 1 unspecified atom stereocenters. The molecule has 0 fully saturated rings. The number of rotatable bonds is 6. The number of hydrogen-bond acceptors (Lipinski definition) is 4. The maximum Gasteiger partial charge on any atom is 0.319 e. The third-order valence-corrected chi connectivity index (χ3v) is 3.53. The molecule has 112 valence electrons. The molecule has 1 atom stereocenters. The highest BCUT2D eigenvalue weighted by Gasteiger charge is 2.08. The van der Waals surface area contributed by atoms with Crippen LogP contribution in [0.3, 0.4) is 0 Å². The number of anilines is 1. The van der Waals surface area contributed by atoms with Crippen LogP contribution in [-0.4, -0.2) is 32.4 Å². The van der Waals surface area contributed by atoms with Crippen molar-refractivity contribution in [3.8, 4) is 0 Å². The van der Waals surface area contributed by atoms with Crippen LogP contribution in [0.25, 0.3) is 0 Å². The molecule has 0 aliphatic rings. The number of nitrogens with one attached hydrogen (secondary N) is 2. The summed E-state index contributed by atoms with van der Waals surface area (Å²) in [6.45, 7) is 4.70. The summed E-state index contributed by atoms with van der Waals surface area (Å²) < 4.78 is 1.92. The Kier molecular flexibility index (Phi) is 5.62. The van der Waals surface area contributed by atoms with Gasteiger partial charge in [0, 0.05) is 25.0 Å². The van der Waals surface area contributed by atoms with Crippen molar-refractivity contribution in [2.75, 3.05) is 11.1 Å². The lowest BCUT2D eigenvalue weighted by Gasteiger charge is -2.15. The van der Waals surface area contributed by atoms with E-state index in [-0.39, 0.29) is 12.1 Å². The standard InChI is InChI=1S/C14H19N5OS/c1-3-21-13-5-4-12(8-16-13)18-14(20)17-11(2)9-19-7-6-15-10-19/h4-8,10-11H,3,9H2,1-2H3,(H2,17,18,20). The zero-order valence-corrected chi connectivity index (χ0v) is 12.9. The fourth-order valence-electron chi connectivity index (χ4n) is 1.84. The molecule has 2 heterocycles. The molecule has 0 saturated heterocycles. The maximum absolute atomic E-state index is 11.9. The number of carbonyl (C=O) groups is 1. The number of urea groups is 1. The quantitative estimate of drug-likeness (QED) is 0.805. The van der Waals surface area contributed by atoms with E-state index < -0.39 is 0 Å². The summed E-state index contributed by atoms with van der Waals surface area (Å²) in [6.07, 6.45) is 6.97. The van der Waals surface area contributed by atoms with Gasteiger partial charge in [0.15, 0.2) is 0 Å². The third kappa shape index (κ3) is 5.11. The van der Waals surface area contributed by atoms with E-state index in [1.54, 1.807) is 30.5 Å². The molecule has 2 rings (SSSR count). The minimum Gasteiger partial charge on any atom is -0.335 e. The van der Waals surface area contributed by atoms with Crippen LogP contribution in [0.15, 0.2) is 42.1 Å². The molecule has 2 N–H and O–H groups in total. The monoisotopic (exact) mass is 305 g/mol.